The maximum Gasteiger partial charge on any atom is 0.308 e. The van der Waals surface area contributed by atoms with E-state index in [2.05, 4.69) is 0 Å². The summed E-state index contributed by atoms with van der Waals surface area (Å²) in [4.78, 5) is 22.5. The molecule has 0 aromatic heterocycles. The van der Waals surface area contributed by atoms with Crippen molar-refractivity contribution in [2.75, 3.05) is 0 Å². The third-order valence-corrected chi connectivity index (χ3v) is 4.13. The second kappa shape index (κ2) is 3.32. The van der Waals surface area contributed by atoms with Gasteiger partial charge in [0.25, 0.3) is 0 Å². The number of rotatable bonds is 2. The Morgan fingerprint density at radius 2 is 1.35 bits per heavy atom. The van der Waals surface area contributed by atoms with Crippen LogP contribution in [-0.4, -0.2) is 22.2 Å². The molecule has 2 aliphatic carbocycles. The van der Waals surface area contributed by atoms with E-state index >= 15 is 0 Å². The van der Waals surface area contributed by atoms with Gasteiger partial charge in [0.1, 0.15) is 0 Å². The Balaban J connectivity index is 2.12. The third kappa shape index (κ3) is 1.24. The summed E-state index contributed by atoms with van der Waals surface area (Å²) < 4.78 is 0. The van der Waals surface area contributed by atoms with Crippen molar-refractivity contribution in [2.24, 2.45) is 11.8 Å². The molecule has 4 heteroatoms. The van der Waals surface area contributed by atoms with E-state index < -0.39 is 23.8 Å². The Morgan fingerprint density at radius 3 is 1.71 bits per heavy atom. The van der Waals surface area contributed by atoms with Crippen molar-refractivity contribution in [1.82, 2.24) is 0 Å². The molecule has 0 heterocycles. The Kier molecular flexibility index (Phi) is 2.02. The molecular formula is C13H12O4. The smallest absolute Gasteiger partial charge is 0.308 e. The molecule has 2 N–H and O–H groups in total. The fourth-order valence-electron chi connectivity index (χ4n) is 3.55. The van der Waals surface area contributed by atoms with E-state index in [1.54, 1.807) is 0 Å². The van der Waals surface area contributed by atoms with Crippen LogP contribution in [0.1, 0.15) is 29.4 Å². The maximum absolute atomic E-state index is 11.3. The first-order chi connectivity index (χ1) is 8.11. The third-order valence-electron chi connectivity index (χ3n) is 4.13. The zero-order chi connectivity index (χ0) is 12.2. The molecule has 4 unspecified atom stereocenters. The second-order valence-corrected chi connectivity index (χ2v) is 4.81. The van der Waals surface area contributed by atoms with Gasteiger partial charge in [-0.3, -0.25) is 9.59 Å². The fourth-order valence-corrected chi connectivity index (χ4v) is 3.55. The molecule has 2 bridgehead atoms. The topological polar surface area (TPSA) is 74.6 Å². The molecule has 4 nitrogen and oxygen atoms in total. The number of aliphatic carboxylic acids is 2. The maximum atomic E-state index is 11.3. The largest absolute Gasteiger partial charge is 0.481 e. The lowest BCUT2D eigenvalue weighted by molar-refractivity contribution is -0.153. The van der Waals surface area contributed by atoms with Gasteiger partial charge in [-0.15, -0.1) is 0 Å². The van der Waals surface area contributed by atoms with Crippen LogP contribution in [0.25, 0.3) is 0 Å². The first-order valence-electron chi connectivity index (χ1n) is 5.65. The zero-order valence-corrected chi connectivity index (χ0v) is 9.04. The molecule has 17 heavy (non-hydrogen) atoms. The van der Waals surface area contributed by atoms with Crippen LogP contribution in [0, 0.1) is 11.8 Å². The van der Waals surface area contributed by atoms with Gasteiger partial charge < -0.3 is 10.2 Å². The lowest BCUT2D eigenvalue weighted by Crippen LogP contribution is -2.33. The molecule has 1 saturated carbocycles. The number of carbonyl (C=O) groups is 2. The zero-order valence-electron chi connectivity index (χ0n) is 9.04. The first kappa shape index (κ1) is 10.3. The monoisotopic (exact) mass is 232 g/mol. The van der Waals surface area contributed by atoms with E-state index in [0.717, 1.165) is 11.1 Å². The van der Waals surface area contributed by atoms with Crippen LogP contribution in [0.5, 0.6) is 0 Å². The van der Waals surface area contributed by atoms with Gasteiger partial charge in [-0.25, -0.2) is 0 Å². The highest BCUT2D eigenvalue weighted by molar-refractivity contribution is 5.84. The number of fused-ring (bicyclic) bond motifs is 5. The van der Waals surface area contributed by atoms with Gasteiger partial charge in [0, 0.05) is 0 Å². The predicted molar refractivity (Wildman–Crippen MR) is 58.8 cm³/mol. The number of carboxylic acid groups (broad SMARTS) is 2. The lowest BCUT2D eigenvalue weighted by Gasteiger charge is -2.26. The highest BCUT2D eigenvalue weighted by Crippen LogP contribution is 2.59. The van der Waals surface area contributed by atoms with Gasteiger partial charge in [-0.05, 0) is 29.4 Å². The number of hydrogen-bond donors (Lipinski definition) is 2. The van der Waals surface area contributed by atoms with Crippen LogP contribution >= 0.6 is 0 Å². The highest BCUT2D eigenvalue weighted by Gasteiger charge is 2.56. The Labute approximate surface area is 97.9 Å². The molecule has 1 fully saturated rings. The molecule has 0 amide bonds. The number of hydrogen-bond acceptors (Lipinski definition) is 2. The standard InChI is InChI=1S/C13H12O4/c14-12(15)10-8-5-9(11(10)13(16)17)7-4-2-1-3-6(7)8/h1-4,8-11H,5H2,(H,14,15)(H,16,17). The first-order valence-corrected chi connectivity index (χ1v) is 5.65. The normalized spacial score (nSPS) is 33.4. The summed E-state index contributed by atoms with van der Waals surface area (Å²) in [6, 6.07) is 7.62. The minimum atomic E-state index is -0.987. The average molecular weight is 232 g/mol. The summed E-state index contributed by atoms with van der Waals surface area (Å²) in [5.74, 6) is -3.77. The molecule has 1 aromatic carbocycles. The average Bonchev–Trinajstić information content (AvgIpc) is 2.84. The van der Waals surface area contributed by atoms with Crippen molar-refractivity contribution < 1.29 is 19.8 Å². The summed E-state index contributed by atoms with van der Waals surface area (Å²) >= 11 is 0. The molecule has 3 rings (SSSR count). The summed E-state index contributed by atoms with van der Waals surface area (Å²) in [6.45, 7) is 0. The van der Waals surface area contributed by atoms with Crippen molar-refractivity contribution >= 4 is 11.9 Å². The van der Waals surface area contributed by atoms with E-state index in [-0.39, 0.29) is 11.8 Å². The van der Waals surface area contributed by atoms with Crippen LogP contribution < -0.4 is 0 Å². The van der Waals surface area contributed by atoms with E-state index in [1.807, 2.05) is 24.3 Å². The van der Waals surface area contributed by atoms with Gasteiger partial charge in [0.15, 0.2) is 0 Å². The molecule has 4 atom stereocenters. The summed E-state index contributed by atoms with van der Waals surface area (Å²) in [6.07, 6.45) is 0.660. The Hall–Kier alpha value is -1.84. The molecule has 88 valence electrons. The predicted octanol–water partition coefficient (Wildman–Crippen LogP) is 1.67. The molecule has 0 aliphatic heterocycles. The summed E-state index contributed by atoms with van der Waals surface area (Å²) in [5, 5.41) is 18.4. The SMILES string of the molecule is O=C(O)C1C2CC(c3ccccc32)C1C(=O)O. The lowest BCUT2D eigenvalue weighted by atomic mass is 9.76. The Bertz CT molecular complexity index is 463. The summed E-state index contributed by atoms with van der Waals surface area (Å²) in [5.41, 5.74) is 2.06. The molecule has 1 aromatic rings. The van der Waals surface area contributed by atoms with Crippen molar-refractivity contribution in [3.63, 3.8) is 0 Å². The van der Waals surface area contributed by atoms with Crippen molar-refractivity contribution in [3.05, 3.63) is 35.4 Å². The minimum Gasteiger partial charge on any atom is -0.481 e. The van der Waals surface area contributed by atoms with Crippen LogP contribution in [0.2, 0.25) is 0 Å². The fraction of sp³-hybridized carbons (Fsp3) is 0.385. The van der Waals surface area contributed by atoms with Crippen molar-refractivity contribution in [3.8, 4) is 0 Å². The van der Waals surface area contributed by atoms with E-state index in [0.29, 0.717) is 6.42 Å². The second-order valence-electron chi connectivity index (χ2n) is 4.81. The minimum absolute atomic E-state index is 0.130. The van der Waals surface area contributed by atoms with Gasteiger partial charge in [-0.2, -0.15) is 0 Å². The number of benzene rings is 1. The Morgan fingerprint density at radius 1 is 0.941 bits per heavy atom. The van der Waals surface area contributed by atoms with Gasteiger partial charge in [0.2, 0.25) is 0 Å². The molecular weight excluding hydrogens is 220 g/mol. The van der Waals surface area contributed by atoms with Crippen molar-refractivity contribution in [1.29, 1.82) is 0 Å². The van der Waals surface area contributed by atoms with Gasteiger partial charge in [0.05, 0.1) is 11.8 Å². The molecule has 2 aliphatic rings. The van der Waals surface area contributed by atoms with Gasteiger partial charge >= 0.3 is 11.9 Å². The van der Waals surface area contributed by atoms with Crippen molar-refractivity contribution in [2.45, 2.75) is 18.3 Å². The molecule has 0 radical (unpaired) electrons. The van der Waals surface area contributed by atoms with Crippen LogP contribution in [0.4, 0.5) is 0 Å². The quantitative estimate of drug-likeness (QED) is 0.813. The van der Waals surface area contributed by atoms with E-state index in [4.69, 9.17) is 0 Å². The van der Waals surface area contributed by atoms with E-state index in [1.165, 1.54) is 0 Å². The van der Waals surface area contributed by atoms with Gasteiger partial charge in [-0.1, -0.05) is 24.3 Å². The van der Waals surface area contributed by atoms with Crippen LogP contribution in [0.15, 0.2) is 24.3 Å². The van der Waals surface area contributed by atoms with Crippen LogP contribution in [-0.2, 0) is 9.59 Å². The van der Waals surface area contributed by atoms with Crippen LogP contribution in [0.3, 0.4) is 0 Å². The highest BCUT2D eigenvalue weighted by atomic mass is 16.4. The number of carboxylic acids is 2. The molecule has 0 spiro atoms. The van der Waals surface area contributed by atoms with E-state index in [9.17, 15) is 19.8 Å². The molecule has 0 saturated heterocycles. The summed E-state index contributed by atoms with van der Waals surface area (Å²) in [7, 11) is 0.